The minimum Gasteiger partial charge on any atom is -0.369 e. The van der Waals surface area contributed by atoms with Gasteiger partial charge in [-0.3, -0.25) is 4.79 Å². The molecule has 0 spiro atoms. The molecule has 0 aliphatic heterocycles. The Hall–Kier alpha value is -2.63. The molecule has 1 aromatic carbocycles. The van der Waals surface area contributed by atoms with E-state index in [0.29, 0.717) is 33.6 Å². The zero-order chi connectivity index (χ0) is 18.6. The van der Waals surface area contributed by atoms with Crippen molar-refractivity contribution in [2.24, 2.45) is 11.7 Å². The molecule has 0 aliphatic carbocycles. The van der Waals surface area contributed by atoms with Crippen LogP contribution in [-0.4, -0.2) is 22.4 Å². The summed E-state index contributed by atoms with van der Waals surface area (Å²) < 4.78 is 13.7. The molecule has 0 saturated carbocycles. The van der Waals surface area contributed by atoms with E-state index < -0.39 is 5.91 Å². The lowest BCUT2D eigenvalue weighted by Crippen LogP contribution is -2.14. The number of primary amides is 1. The Morgan fingerprint density at radius 2 is 2.12 bits per heavy atom. The Labute approximate surface area is 146 Å². The second kappa shape index (κ2) is 7.96. The van der Waals surface area contributed by atoms with Gasteiger partial charge in [0.2, 0.25) is 0 Å². The molecule has 0 fully saturated rings. The number of anilines is 1. The first kappa shape index (κ1) is 18.7. The SMILES string of the molecule is CC.CC[C@@H](C)CNc1ncc(C(N)=O)c2[nH]c3ccc(F)cc3c12. The molecule has 6 heteroatoms. The fraction of sp³-hybridized carbons (Fsp3) is 0.368. The summed E-state index contributed by atoms with van der Waals surface area (Å²) in [6.07, 6.45) is 2.49. The van der Waals surface area contributed by atoms with Gasteiger partial charge < -0.3 is 16.0 Å². The number of nitrogens with zero attached hydrogens (tertiary/aromatic N) is 1. The number of amides is 1. The van der Waals surface area contributed by atoms with Crippen molar-refractivity contribution >= 4 is 33.5 Å². The van der Waals surface area contributed by atoms with Crippen LogP contribution in [0, 0.1) is 11.7 Å². The molecule has 0 bridgehead atoms. The van der Waals surface area contributed by atoms with Crippen LogP contribution >= 0.6 is 0 Å². The molecular formula is C19H25FN4O. The predicted octanol–water partition coefficient (Wildman–Crippen LogP) is 4.44. The third kappa shape index (κ3) is 3.73. The van der Waals surface area contributed by atoms with Crippen LogP contribution in [0.1, 0.15) is 44.5 Å². The van der Waals surface area contributed by atoms with Gasteiger partial charge in [-0.15, -0.1) is 0 Å². The molecule has 4 N–H and O–H groups in total. The van der Waals surface area contributed by atoms with Crippen molar-refractivity contribution in [3.8, 4) is 0 Å². The quantitative estimate of drug-likeness (QED) is 0.640. The molecule has 134 valence electrons. The molecule has 0 saturated heterocycles. The lowest BCUT2D eigenvalue weighted by molar-refractivity contribution is 0.100. The van der Waals surface area contributed by atoms with Crippen LogP contribution in [-0.2, 0) is 0 Å². The number of pyridine rings is 1. The first-order chi connectivity index (χ1) is 12.0. The van der Waals surface area contributed by atoms with Crippen molar-refractivity contribution in [1.29, 1.82) is 0 Å². The second-order valence-corrected chi connectivity index (χ2v) is 5.84. The highest BCUT2D eigenvalue weighted by Gasteiger charge is 2.17. The number of carbonyl (C=O) groups is 1. The Bertz CT molecular complexity index is 888. The number of aromatic amines is 1. The fourth-order valence-corrected chi connectivity index (χ4v) is 2.61. The monoisotopic (exact) mass is 344 g/mol. The van der Waals surface area contributed by atoms with E-state index >= 15 is 0 Å². The summed E-state index contributed by atoms with van der Waals surface area (Å²) in [5.74, 6) is 0.200. The Morgan fingerprint density at radius 1 is 1.40 bits per heavy atom. The topological polar surface area (TPSA) is 83.8 Å². The average molecular weight is 344 g/mol. The van der Waals surface area contributed by atoms with Gasteiger partial charge in [0.25, 0.3) is 5.91 Å². The summed E-state index contributed by atoms with van der Waals surface area (Å²) >= 11 is 0. The summed E-state index contributed by atoms with van der Waals surface area (Å²) in [5.41, 5.74) is 7.05. The van der Waals surface area contributed by atoms with Crippen LogP contribution in [0.2, 0.25) is 0 Å². The molecule has 1 atom stereocenters. The van der Waals surface area contributed by atoms with Gasteiger partial charge in [-0.25, -0.2) is 9.37 Å². The third-order valence-corrected chi connectivity index (χ3v) is 4.17. The molecule has 1 amide bonds. The molecule has 0 radical (unpaired) electrons. The number of nitrogens with two attached hydrogens (primary N) is 1. The molecule has 2 heterocycles. The maximum Gasteiger partial charge on any atom is 0.252 e. The average Bonchev–Trinajstić information content (AvgIpc) is 2.99. The number of carbonyl (C=O) groups excluding carboxylic acids is 1. The predicted molar refractivity (Wildman–Crippen MR) is 101 cm³/mol. The van der Waals surface area contributed by atoms with Crippen LogP contribution in [0.15, 0.2) is 24.4 Å². The normalized spacial score (nSPS) is 11.9. The summed E-state index contributed by atoms with van der Waals surface area (Å²) in [5, 5.41) is 4.67. The second-order valence-electron chi connectivity index (χ2n) is 5.84. The van der Waals surface area contributed by atoms with Crippen LogP contribution < -0.4 is 11.1 Å². The first-order valence-electron chi connectivity index (χ1n) is 8.64. The van der Waals surface area contributed by atoms with E-state index in [2.05, 4.69) is 29.1 Å². The smallest absolute Gasteiger partial charge is 0.252 e. The van der Waals surface area contributed by atoms with Crippen molar-refractivity contribution in [3.05, 3.63) is 35.8 Å². The van der Waals surface area contributed by atoms with E-state index in [0.717, 1.165) is 18.5 Å². The van der Waals surface area contributed by atoms with E-state index in [-0.39, 0.29) is 5.82 Å². The maximum absolute atomic E-state index is 13.7. The van der Waals surface area contributed by atoms with E-state index in [4.69, 9.17) is 5.73 Å². The van der Waals surface area contributed by atoms with Gasteiger partial charge in [-0.1, -0.05) is 34.1 Å². The van der Waals surface area contributed by atoms with E-state index in [1.54, 1.807) is 6.07 Å². The Balaban J connectivity index is 0.00000109. The molecule has 2 aromatic heterocycles. The molecular weight excluding hydrogens is 319 g/mol. The van der Waals surface area contributed by atoms with Crippen molar-refractivity contribution in [2.75, 3.05) is 11.9 Å². The van der Waals surface area contributed by atoms with Crippen LogP contribution in [0.5, 0.6) is 0 Å². The number of halogens is 1. The van der Waals surface area contributed by atoms with Gasteiger partial charge in [0, 0.05) is 23.6 Å². The zero-order valence-corrected chi connectivity index (χ0v) is 15.1. The van der Waals surface area contributed by atoms with Gasteiger partial charge in [-0.05, 0) is 24.1 Å². The summed E-state index contributed by atoms with van der Waals surface area (Å²) in [6.45, 7) is 9.00. The van der Waals surface area contributed by atoms with E-state index in [1.165, 1.54) is 18.3 Å². The number of nitrogens with one attached hydrogen (secondary N) is 2. The van der Waals surface area contributed by atoms with Crippen molar-refractivity contribution in [1.82, 2.24) is 9.97 Å². The van der Waals surface area contributed by atoms with Gasteiger partial charge >= 0.3 is 0 Å². The van der Waals surface area contributed by atoms with E-state index in [1.807, 2.05) is 13.8 Å². The third-order valence-electron chi connectivity index (χ3n) is 4.17. The Kier molecular flexibility index (Phi) is 5.96. The van der Waals surface area contributed by atoms with Crippen molar-refractivity contribution in [3.63, 3.8) is 0 Å². The van der Waals surface area contributed by atoms with Crippen LogP contribution in [0.4, 0.5) is 10.2 Å². The van der Waals surface area contributed by atoms with Crippen molar-refractivity contribution < 1.29 is 9.18 Å². The van der Waals surface area contributed by atoms with Crippen LogP contribution in [0.25, 0.3) is 21.8 Å². The van der Waals surface area contributed by atoms with Gasteiger partial charge in [-0.2, -0.15) is 0 Å². The highest BCUT2D eigenvalue weighted by atomic mass is 19.1. The largest absolute Gasteiger partial charge is 0.369 e. The van der Waals surface area contributed by atoms with Crippen molar-refractivity contribution in [2.45, 2.75) is 34.1 Å². The minimum atomic E-state index is -0.567. The van der Waals surface area contributed by atoms with Crippen LogP contribution in [0.3, 0.4) is 0 Å². The Morgan fingerprint density at radius 3 is 2.76 bits per heavy atom. The number of aromatic nitrogens is 2. The molecule has 3 aromatic rings. The molecule has 5 nitrogen and oxygen atoms in total. The minimum absolute atomic E-state index is 0.297. The number of hydrogen-bond donors (Lipinski definition) is 3. The zero-order valence-electron chi connectivity index (χ0n) is 15.1. The molecule has 0 aliphatic rings. The summed E-state index contributed by atoms with van der Waals surface area (Å²) in [7, 11) is 0. The molecule has 3 rings (SSSR count). The van der Waals surface area contributed by atoms with Gasteiger partial charge in [0.1, 0.15) is 11.6 Å². The first-order valence-corrected chi connectivity index (χ1v) is 8.64. The maximum atomic E-state index is 13.7. The lowest BCUT2D eigenvalue weighted by atomic mass is 10.1. The highest BCUT2D eigenvalue weighted by molar-refractivity contribution is 6.18. The summed E-state index contributed by atoms with van der Waals surface area (Å²) in [4.78, 5) is 19.1. The van der Waals surface area contributed by atoms with Gasteiger partial charge in [0.15, 0.2) is 0 Å². The number of benzene rings is 1. The number of fused-ring (bicyclic) bond motifs is 3. The summed E-state index contributed by atoms with van der Waals surface area (Å²) in [6, 6.07) is 4.46. The van der Waals surface area contributed by atoms with Gasteiger partial charge in [0.05, 0.1) is 16.5 Å². The molecule has 25 heavy (non-hydrogen) atoms. The number of rotatable bonds is 5. The standard InChI is InChI=1S/C17H19FN4O.C2H6/c1-3-9(2)7-20-17-14-11-6-10(18)4-5-13(11)22-15(14)12(8-21-17)16(19)23;1-2/h4-6,8-9,22H,3,7H2,1-2H3,(H2,19,23)(H,20,21);1-2H3/t9-;/m1./s1. The highest BCUT2D eigenvalue weighted by Crippen LogP contribution is 2.32. The molecule has 0 unspecified atom stereocenters. The number of H-pyrrole nitrogens is 1. The van der Waals surface area contributed by atoms with E-state index in [9.17, 15) is 9.18 Å². The lowest BCUT2D eigenvalue weighted by Gasteiger charge is -2.12. The number of hydrogen-bond acceptors (Lipinski definition) is 3. The fourth-order valence-electron chi connectivity index (χ4n) is 2.61.